The zero-order chi connectivity index (χ0) is 11.3. The Hall–Kier alpha value is -1.10. The number of rotatable bonds is 5. The third-order valence-electron chi connectivity index (χ3n) is 2.57. The van der Waals surface area contributed by atoms with E-state index in [9.17, 15) is 9.59 Å². The molecule has 86 valence electrons. The molecule has 1 amide bonds. The number of aliphatic carboxylic acids is 1. The SMILES string of the molecule is CCCNC(=O)CN1CCC[C@H]1C(=O)O. The Labute approximate surface area is 89.4 Å². The van der Waals surface area contributed by atoms with Gasteiger partial charge in [0.05, 0.1) is 6.54 Å². The van der Waals surface area contributed by atoms with Crippen molar-refractivity contribution in [2.24, 2.45) is 0 Å². The zero-order valence-corrected chi connectivity index (χ0v) is 9.03. The average Bonchev–Trinajstić information content (AvgIpc) is 2.62. The fourth-order valence-corrected chi connectivity index (χ4v) is 1.80. The van der Waals surface area contributed by atoms with Crippen LogP contribution in [-0.2, 0) is 9.59 Å². The topological polar surface area (TPSA) is 69.6 Å². The van der Waals surface area contributed by atoms with Crippen molar-refractivity contribution in [2.75, 3.05) is 19.6 Å². The van der Waals surface area contributed by atoms with Crippen molar-refractivity contribution in [3.8, 4) is 0 Å². The van der Waals surface area contributed by atoms with E-state index in [4.69, 9.17) is 5.11 Å². The first-order valence-electron chi connectivity index (χ1n) is 5.38. The summed E-state index contributed by atoms with van der Waals surface area (Å²) in [6.45, 7) is 3.55. The van der Waals surface area contributed by atoms with Crippen LogP contribution in [0.5, 0.6) is 0 Å². The second-order valence-corrected chi connectivity index (χ2v) is 3.82. The quantitative estimate of drug-likeness (QED) is 0.679. The number of carbonyl (C=O) groups excluding carboxylic acids is 1. The van der Waals surface area contributed by atoms with E-state index in [-0.39, 0.29) is 12.5 Å². The molecular formula is C10H18N2O3. The lowest BCUT2D eigenvalue weighted by Crippen LogP contribution is -2.43. The number of hydrogen-bond donors (Lipinski definition) is 2. The molecule has 5 nitrogen and oxygen atoms in total. The second-order valence-electron chi connectivity index (χ2n) is 3.82. The van der Waals surface area contributed by atoms with Gasteiger partial charge in [0.25, 0.3) is 0 Å². The molecule has 1 saturated heterocycles. The minimum atomic E-state index is -0.823. The smallest absolute Gasteiger partial charge is 0.320 e. The summed E-state index contributed by atoms with van der Waals surface area (Å²) in [5.74, 6) is -0.902. The van der Waals surface area contributed by atoms with Crippen molar-refractivity contribution < 1.29 is 14.7 Å². The highest BCUT2D eigenvalue weighted by Crippen LogP contribution is 2.16. The number of nitrogens with zero attached hydrogens (tertiary/aromatic N) is 1. The van der Waals surface area contributed by atoms with Crippen molar-refractivity contribution in [3.63, 3.8) is 0 Å². The standard InChI is InChI=1S/C10H18N2O3/c1-2-5-11-9(13)7-12-6-3-4-8(12)10(14)15/h8H,2-7H2,1H3,(H,11,13)(H,14,15)/t8-/m0/s1. The first-order chi connectivity index (χ1) is 7.15. The van der Waals surface area contributed by atoms with E-state index in [2.05, 4.69) is 5.32 Å². The maximum absolute atomic E-state index is 11.4. The Morgan fingerprint density at radius 3 is 2.87 bits per heavy atom. The number of carboxylic acids is 1. The van der Waals surface area contributed by atoms with Crippen LogP contribution in [0.25, 0.3) is 0 Å². The van der Waals surface area contributed by atoms with Crippen LogP contribution in [0.15, 0.2) is 0 Å². The van der Waals surface area contributed by atoms with Gasteiger partial charge in [-0.1, -0.05) is 6.92 Å². The fourth-order valence-electron chi connectivity index (χ4n) is 1.80. The maximum Gasteiger partial charge on any atom is 0.320 e. The van der Waals surface area contributed by atoms with Crippen LogP contribution >= 0.6 is 0 Å². The summed E-state index contributed by atoms with van der Waals surface area (Å²) in [4.78, 5) is 23.9. The van der Waals surface area contributed by atoms with Crippen LogP contribution in [0, 0.1) is 0 Å². The first-order valence-corrected chi connectivity index (χ1v) is 5.38. The highest BCUT2D eigenvalue weighted by Gasteiger charge is 2.31. The molecule has 0 aromatic heterocycles. The van der Waals surface area contributed by atoms with Crippen molar-refractivity contribution >= 4 is 11.9 Å². The zero-order valence-electron chi connectivity index (χ0n) is 9.03. The third-order valence-corrected chi connectivity index (χ3v) is 2.57. The van der Waals surface area contributed by atoms with E-state index in [1.807, 2.05) is 6.92 Å². The number of carboxylic acid groups (broad SMARTS) is 1. The molecule has 1 aliphatic heterocycles. The molecule has 1 heterocycles. The molecule has 0 aromatic carbocycles. The van der Waals surface area contributed by atoms with Gasteiger partial charge >= 0.3 is 5.97 Å². The molecule has 1 fully saturated rings. The van der Waals surface area contributed by atoms with Crippen LogP contribution in [0.2, 0.25) is 0 Å². The van der Waals surface area contributed by atoms with Crippen LogP contribution in [0.1, 0.15) is 26.2 Å². The number of nitrogens with one attached hydrogen (secondary N) is 1. The van der Waals surface area contributed by atoms with Crippen LogP contribution in [0.3, 0.4) is 0 Å². The molecule has 1 rings (SSSR count). The van der Waals surface area contributed by atoms with Gasteiger partial charge in [-0.3, -0.25) is 14.5 Å². The minimum absolute atomic E-state index is 0.0787. The van der Waals surface area contributed by atoms with Crippen molar-refractivity contribution in [2.45, 2.75) is 32.2 Å². The lowest BCUT2D eigenvalue weighted by Gasteiger charge is -2.20. The van der Waals surface area contributed by atoms with E-state index in [1.165, 1.54) is 0 Å². The molecule has 1 aliphatic rings. The Morgan fingerprint density at radius 1 is 1.53 bits per heavy atom. The second kappa shape index (κ2) is 5.70. The predicted molar refractivity (Wildman–Crippen MR) is 55.5 cm³/mol. The Kier molecular flexibility index (Phi) is 4.55. The summed E-state index contributed by atoms with van der Waals surface area (Å²) < 4.78 is 0. The van der Waals surface area contributed by atoms with Gasteiger partial charge in [-0.05, 0) is 25.8 Å². The van der Waals surface area contributed by atoms with E-state index in [1.54, 1.807) is 4.90 Å². The summed E-state index contributed by atoms with van der Waals surface area (Å²) >= 11 is 0. The number of hydrogen-bond acceptors (Lipinski definition) is 3. The number of likely N-dealkylation sites (tertiary alicyclic amines) is 1. The van der Waals surface area contributed by atoms with E-state index in [0.29, 0.717) is 19.5 Å². The van der Waals surface area contributed by atoms with E-state index in [0.717, 1.165) is 12.8 Å². The van der Waals surface area contributed by atoms with Gasteiger partial charge in [-0.2, -0.15) is 0 Å². The highest BCUT2D eigenvalue weighted by molar-refractivity contribution is 5.80. The molecule has 2 N–H and O–H groups in total. The van der Waals surface area contributed by atoms with Crippen molar-refractivity contribution in [3.05, 3.63) is 0 Å². The summed E-state index contributed by atoms with van der Waals surface area (Å²) in [6, 6.07) is -0.475. The highest BCUT2D eigenvalue weighted by atomic mass is 16.4. The van der Waals surface area contributed by atoms with Gasteiger partial charge in [-0.15, -0.1) is 0 Å². The van der Waals surface area contributed by atoms with Crippen molar-refractivity contribution in [1.29, 1.82) is 0 Å². The molecule has 0 unspecified atom stereocenters. The van der Waals surface area contributed by atoms with Crippen LogP contribution < -0.4 is 5.32 Å². The Balaban J connectivity index is 2.36. The normalized spacial score (nSPS) is 21.5. The average molecular weight is 214 g/mol. The van der Waals surface area contributed by atoms with Gasteiger partial charge in [0, 0.05) is 6.54 Å². The number of carbonyl (C=O) groups is 2. The molecule has 0 radical (unpaired) electrons. The summed E-state index contributed by atoms with van der Waals surface area (Å²) in [6.07, 6.45) is 2.41. The van der Waals surface area contributed by atoms with Gasteiger partial charge in [0.15, 0.2) is 0 Å². The lowest BCUT2D eigenvalue weighted by atomic mass is 10.2. The van der Waals surface area contributed by atoms with Gasteiger partial charge in [0.2, 0.25) is 5.91 Å². The van der Waals surface area contributed by atoms with Crippen LogP contribution in [-0.4, -0.2) is 47.6 Å². The van der Waals surface area contributed by atoms with Gasteiger partial charge in [0.1, 0.15) is 6.04 Å². The van der Waals surface area contributed by atoms with E-state index < -0.39 is 12.0 Å². The third kappa shape index (κ3) is 3.51. The number of amides is 1. The molecule has 0 saturated carbocycles. The molecule has 1 atom stereocenters. The molecule has 0 aliphatic carbocycles. The van der Waals surface area contributed by atoms with Crippen molar-refractivity contribution in [1.82, 2.24) is 10.2 Å². The van der Waals surface area contributed by atoms with E-state index >= 15 is 0 Å². The molecule has 0 spiro atoms. The lowest BCUT2D eigenvalue weighted by molar-refractivity contribution is -0.142. The monoisotopic (exact) mass is 214 g/mol. The Morgan fingerprint density at radius 2 is 2.27 bits per heavy atom. The molecular weight excluding hydrogens is 196 g/mol. The molecule has 0 aromatic rings. The fraction of sp³-hybridized carbons (Fsp3) is 0.800. The Bertz CT molecular complexity index is 243. The van der Waals surface area contributed by atoms with Gasteiger partial charge in [-0.25, -0.2) is 0 Å². The summed E-state index contributed by atoms with van der Waals surface area (Å²) in [5, 5.41) is 11.6. The molecule has 15 heavy (non-hydrogen) atoms. The first kappa shape index (κ1) is 12.0. The van der Waals surface area contributed by atoms with Crippen LogP contribution in [0.4, 0.5) is 0 Å². The predicted octanol–water partition coefficient (Wildman–Crippen LogP) is 0.0616. The minimum Gasteiger partial charge on any atom is -0.480 e. The molecule has 0 bridgehead atoms. The molecule has 5 heteroatoms. The largest absolute Gasteiger partial charge is 0.480 e. The summed E-state index contributed by atoms with van der Waals surface area (Å²) in [7, 11) is 0. The van der Waals surface area contributed by atoms with Gasteiger partial charge < -0.3 is 10.4 Å². The summed E-state index contributed by atoms with van der Waals surface area (Å²) in [5.41, 5.74) is 0. The maximum atomic E-state index is 11.4.